The molecule has 0 fully saturated rings. The van der Waals surface area contributed by atoms with E-state index in [1.807, 2.05) is 0 Å². The second-order valence-electron chi connectivity index (χ2n) is 6.65. The molecule has 0 saturated heterocycles. The highest BCUT2D eigenvalue weighted by molar-refractivity contribution is 7.92. The van der Waals surface area contributed by atoms with E-state index in [1.54, 1.807) is 68.4 Å². The predicted molar refractivity (Wildman–Crippen MR) is 119 cm³/mol. The van der Waals surface area contributed by atoms with E-state index in [9.17, 15) is 13.2 Å². The molecule has 0 spiro atoms. The van der Waals surface area contributed by atoms with Crippen LogP contribution in [0.4, 0.5) is 11.4 Å². The molecule has 3 aromatic rings. The summed E-state index contributed by atoms with van der Waals surface area (Å²) in [6, 6.07) is 16.4. The number of para-hydroxylation sites is 2. The number of rotatable bonds is 6. The lowest BCUT2D eigenvalue weighted by Crippen LogP contribution is -2.17. The van der Waals surface area contributed by atoms with Crippen LogP contribution < -0.4 is 14.8 Å². The molecule has 0 aliphatic heterocycles. The molecular weight excluding hydrogens is 424 g/mol. The van der Waals surface area contributed by atoms with E-state index in [1.165, 1.54) is 13.2 Å². The zero-order valence-corrected chi connectivity index (χ0v) is 18.3. The third-order valence-corrected chi connectivity index (χ3v) is 6.52. The van der Waals surface area contributed by atoms with E-state index in [2.05, 4.69) is 10.0 Å². The van der Waals surface area contributed by atoms with Gasteiger partial charge in [0.15, 0.2) is 0 Å². The van der Waals surface area contributed by atoms with Gasteiger partial charge in [0, 0.05) is 16.3 Å². The smallest absolute Gasteiger partial charge is 0.262 e. The van der Waals surface area contributed by atoms with Crippen molar-refractivity contribution in [2.75, 3.05) is 17.1 Å². The van der Waals surface area contributed by atoms with Crippen LogP contribution in [-0.2, 0) is 10.0 Å². The SMILES string of the molecule is COc1ccccc1NS(=O)(=O)c1cc(C(=O)Nc2cccc(Cl)c2C)ccc1C. The number of aryl methyl sites for hydroxylation is 1. The van der Waals surface area contributed by atoms with Gasteiger partial charge in [-0.05, 0) is 61.4 Å². The van der Waals surface area contributed by atoms with Crippen molar-refractivity contribution in [3.05, 3.63) is 82.4 Å². The largest absolute Gasteiger partial charge is 0.495 e. The van der Waals surface area contributed by atoms with Gasteiger partial charge in [0.25, 0.3) is 15.9 Å². The first-order valence-electron chi connectivity index (χ1n) is 9.06. The number of sulfonamides is 1. The predicted octanol–water partition coefficient (Wildman–Crippen LogP) is 5.02. The summed E-state index contributed by atoms with van der Waals surface area (Å²) < 4.78 is 33.7. The zero-order chi connectivity index (χ0) is 21.9. The van der Waals surface area contributed by atoms with Gasteiger partial charge in [0.05, 0.1) is 17.7 Å². The highest BCUT2D eigenvalue weighted by Crippen LogP contribution is 2.28. The number of hydrogen-bond acceptors (Lipinski definition) is 4. The average molecular weight is 445 g/mol. The van der Waals surface area contributed by atoms with Crippen LogP contribution >= 0.6 is 11.6 Å². The summed E-state index contributed by atoms with van der Waals surface area (Å²) in [6.45, 7) is 3.46. The lowest BCUT2D eigenvalue weighted by Gasteiger charge is -2.14. The number of hydrogen-bond donors (Lipinski definition) is 2. The van der Waals surface area contributed by atoms with E-state index >= 15 is 0 Å². The maximum atomic E-state index is 13.0. The van der Waals surface area contributed by atoms with Crippen LogP contribution in [-0.4, -0.2) is 21.4 Å². The van der Waals surface area contributed by atoms with E-state index in [0.29, 0.717) is 27.7 Å². The van der Waals surface area contributed by atoms with Crippen molar-refractivity contribution in [3.8, 4) is 5.75 Å². The first kappa shape index (κ1) is 21.7. The number of nitrogens with one attached hydrogen (secondary N) is 2. The van der Waals surface area contributed by atoms with E-state index in [0.717, 1.165) is 5.56 Å². The van der Waals surface area contributed by atoms with Crippen molar-refractivity contribution in [1.82, 2.24) is 0 Å². The Morgan fingerprint density at radius 2 is 1.67 bits per heavy atom. The minimum Gasteiger partial charge on any atom is -0.495 e. The number of benzene rings is 3. The van der Waals surface area contributed by atoms with Crippen LogP contribution in [0.25, 0.3) is 0 Å². The third kappa shape index (κ3) is 4.58. The number of amides is 1. The van der Waals surface area contributed by atoms with Crippen LogP contribution in [0.1, 0.15) is 21.5 Å². The summed E-state index contributed by atoms with van der Waals surface area (Å²) in [6.07, 6.45) is 0. The quantitative estimate of drug-likeness (QED) is 0.559. The maximum absolute atomic E-state index is 13.0. The third-order valence-electron chi connectivity index (χ3n) is 4.61. The average Bonchev–Trinajstić information content (AvgIpc) is 2.71. The molecule has 2 N–H and O–H groups in total. The van der Waals surface area contributed by atoms with Gasteiger partial charge >= 0.3 is 0 Å². The van der Waals surface area contributed by atoms with Gasteiger partial charge in [-0.1, -0.05) is 35.9 Å². The number of methoxy groups -OCH3 is 1. The Morgan fingerprint density at radius 3 is 2.40 bits per heavy atom. The Bertz CT molecular complexity index is 1210. The first-order chi connectivity index (χ1) is 14.2. The summed E-state index contributed by atoms with van der Waals surface area (Å²) in [5.41, 5.74) is 2.31. The molecule has 3 aromatic carbocycles. The van der Waals surface area contributed by atoms with Crippen molar-refractivity contribution in [2.45, 2.75) is 18.7 Å². The normalized spacial score (nSPS) is 11.1. The molecule has 0 radical (unpaired) electrons. The number of ether oxygens (including phenoxy) is 1. The Balaban J connectivity index is 1.92. The summed E-state index contributed by atoms with van der Waals surface area (Å²) in [7, 11) is -2.49. The molecule has 0 aliphatic rings. The van der Waals surface area contributed by atoms with Crippen molar-refractivity contribution in [2.24, 2.45) is 0 Å². The molecule has 6 nitrogen and oxygen atoms in total. The molecule has 0 atom stereocenters. The molecule has 8 heteroatoms. The summed E-state index contributed by atoms with van der Waals surface area (Å²) in [5, 5.41) is 3.30. The van der Waals surface area contributed by atoms with Gasteiger partial charge in [-0.25, -0.2) is 8.42 Å². The minimum absolute atomic E-state index is 0.00359. The Kier molecular flexibility index (Phi) is 6.34. The van der Waals surface area contributed by atoms with Gasteiger partial charge in [0.1, 0.15) is 5.75 Å². The molecule has 0 unspecified atom stereocenters. The van der Waals surface area contributed by atoms with E-state index < -0.39 is 15.9 Å². The van der Waals surface area contributed by atoms with Crippen molar-refractivity contribution >= 4 is 38.9 Å². The Labute approximate surface area is 180 Å². The van der Waals surface area contributed by atoms with Crippen LogP contribution in [0.15, 0.2) is 65.6 Å². The first-order valence-corrected chi connectivity index (χ1v) is 10.9. The highest BCUT2D eigenvalue weighted by Gasteiger charge is 2.21. The molecule has 0 bridgehead atoms. The number of carbonyl (C=O) groups excluding carboxylic acids is 1. The minimum atomic E-state index is -3.95. The molecule has 156 valence electrons. The fourth-order valence-electron chi connectivity index (χ4n) is 2.90. The van der Waals surface area contributed by atoms with Crippen LogP contribution in [0, 0.1) is 13.8 Å². The lowest BCUT2D eigenvalue weighted by atomic mass is 10.1. The summed E-state index contributed by atoms with van der Waals surface area (Å²) >= 11 is 6.10. The Morgan fingerprint density at radius 1 is 0.967 bits per heavy atom. The van der Waals surface area contributed by atoms with E-state index in [-0.39, 0.29) is 10.5 Å². The number of anilines is 2. The molecule has 0 aliphatic carbocycles. The highest BCUT2D eigenvalue weighted by atomic mass is 35.5. The standard InChI is InChI=1S/C22H21ClN2O4S/c1-14-11-12-16(22(26)24-18-9-6-7-17(23)15(18)2)13-21(14)30(27,28)25-19-8-4-5-10-20(19)29-3/h4-13,25H,1-3H3,(H,24,26). The molecule has 3 rings (SSSR count). The zero-order valence-electron chi connectivity index (χ0n) is 16.7. The maximum Gasteiger partial charge on any atom is 0.262 e. The van der Waals surface area contributed by atoms with Gasteiger partial charge in [-0.2, -0.15) is 0 Å². The molecule has 0 saturated carbocycles. The number of carbonyl (C=O) groups is 1. The fourth-order valence-corrected chi connectivity index (χ4v) is 4.41. The van der Waals surface area contributed by atoms with Gasteiger partial charge < -0.3 is 10.1 Å². The second-order valence-corrected chi connectivity index (χ2v) is 8.71. The van der Waals surface area contributed by atoms with Gasteiger partial charge in [-0.15, -0.1) is 0 Å². The van der Waals surface area contributed by atoms with E-state index in [4.69, 9.17) is 16.3 Å². The molecule has 30 heavy (non-hydrogen) atoms. The topological polar surface area (TPSA) is 84.5 Å². The Hall–Kier alpha value is -3.03. The molecule has 0 heterocycles. The van der Waals surface area contributed by atoms with Crippen LogP contribution in [0.2, 0.25) is 5.02 Å². The fraction of sp³-hybridized carbons (Fsp3) is 0.136. The van der Waals surface area contributed by atoms with Gasteiger partial charge in [-0.3, -0.25) is 9.52 Å². The van der Waals surface area contributed by atoms with Crippen LogP contribution in [0.3, 0.4) is 0 Å². The van der Waals surface area contributed by atoms with Gasteiger partial charge in [0.2, 0.25) is 0 Å². The molecular formula is C22H21ClN2O4S. The number of halogens is 1. The molecule has 0 aromatic heterocycles. The van der Waals surface area contributed by atoms with Crippen molar-refractivity contribution < 1.29 is 17.9 Å². The second kappa shape index (κ2) is 8.77. The lowest BCUT2D eigenvalue weighted by molar-refractivity contribution is 0.102. The molecule has 1 amide bonds. The summed E-state index contributed by atoms with van der Waals surface area (Å²) in [5.74, 6) is -0.0434. The summed E-state index contributed by atoms with van der Waals surface area (Å²) in [4.78, 5) is 12.7. The van der Waals surface area contributed by atoms with Crippen LogP contribution in [0.5, 0.6) is 5.75 Å². The van der Waals surface area contributed by atoms with Crippen molar-refractivity contribution in [1.29, 1.82) is 0 Å². The monoisotopic (exact) mass is 444 g/mol. The van der Waals surface area contributed by atoms with Crippen molar-refractivity contribution in [3.63, 3.8) is 0 Å².